The number of hydrogen-bond acceptors (Lipinski definition) is 4. The molecule has 2 atom stereocenters. The van der Waals surface area contributed by atoms with Crippen molar-refractivity contribution in [3.63, 3.8) is 0 Å². The summed E-state index contributed by atoms with van der Waals surface area (Å²) >= 11 is 0. The SMILES string of the molecule is C=P1(C)N=P(C)(C)N=P(C)(C)NP(=C)(C)N1. The first-order chi connectivity index (χ1) is 6.83. The van der Waals surface area contributed by atoms with Crippen molar-refractivity contribution in [1.29, 1.82) is 0 Å². The molecule has 8 heteroatoms. The van der Waals surface area contributed by atoms with Crippen LogP contribution in [0, 0.1) is 0 Å². The molecule has 2 N–H and O–H groups in total. The summed E-state index contributed by atoms with van der Waals surface area (Å²) in [7, 11) is -6.29. The molecule has 1 rings (SSSR count). The lowest BCUT2D eigenvalue weighted by Crippen LogP contribution is -2.18. The van der Waals surface area contributed by atoms with Crippen LogP contribution in [0.25, 0.3) is 0 Å². The van der Waals surface area contributed by atoms with Crippen molar-refractivity contribution in [2.24, 2.45) is 9.03 Å². The Labute approximate surface area is 100 Å². The van der Waals surface area contributed by atoms with E-state index in [1.807, 2.05) is 0 Å². The molecule has 0 spiro atoms. The van der Waals surface area contributed by atoms with Crippen LogP contribution in [0.5, 0.6) is 0 Å². The Morgan fingerprint density at radius 1 is 0.812 bits per heavy atom. The fourth-order valence-electron chi connectivity index (χ4n) is 2.13. The fraction of sp³-hybridized carbons (Fsp3) is 0.750. The van der Waals surface area contributed by atoms with Gasteiger partial charge >= 0.3 is 0 Å². The normalized spacial score (nSPS) is 42.4. The molecule has 0 amide bonds. The van der Waals surface area contributed by atoms with Gasteiger partial charge in [0.15, 0.2) is 0 Å². The first kappa shape index (κ1) is 15.0. The van der Waals surface area contributed by atoms with Gasteiger partial charge in [-0.25, -0.2) is 13.9 Å². The van der Waals surface area contributed by atoms with Crippen LogP contribution in [0.3, 0.4) is 0 Å². The topological polar surface area (TPSA) is 48.8 Å². The second-order valence-electron chi connectivity index (χ2n) is 5.44. The monoisotopic (exact) mass is 300 g/mol. The quantitative estimate of drug-likeness (QED) is 0.669. The summed E-state index contributed by atoms with van der Waals surface area (Å²) in [5.74, 6) is 0. The molecule has 1 heterocycles. The zero-order valence-electron chi connectivity index (χ0n) is 11.1. The van der Waals surface area contributed by atoms with E-state index in [2.05, 4.69) is 62.3 Å². The van der Waals surface area contributed by atoms with E-state index in [4.69, 9.17) is 9.03 Å². The van der Waals surface area contributed by atoms with Crippen molar-refractivity contribution in [2.75, 3.05) is 40.0 Å². The van der Waals surface area contributed by atoms with Gasteiger partial charge < -0.3 is 0 Å². The van der Waals surface area contributed by atoms with Gasteiger partial charge in [0.1, 0.15) is 0 Å². The molecule has 16 heavy (non-hydrogen) atoms. The highest BCUT2D eigenvalue weighted by molar-refractivity contribution is 7.93. The van der Waals surface area contributed by atoms with Crippen LogP contribution in [0.1, 0.15) is 0 Å². The minimum Gasteiger partial charge on any atom is -0.251 e. The second kappa shape index (κ2) is 4.27. The molecule has 0 saturated heterocycles. The summed E-state index contributed by atoms with van der Waals surface area (Å²) in [6.07, 6.45) is 8.50. The van der Waals surface area contributed by atoms with E-state index in [1.54, 1.807) is 0 Å². The van der Waals surface area contributed by atoms with E-state index < -0.39 is 28.8 Å². The molecule has 0 aromatic heterocycles. The lowest BCUT2D eigenvalue weighted by molar-refractivity contribution is 1.43. The number of rotatable bonds is 0. The molecule has 0 aromatic carbocycles. The Morgan fingerprint density at radius 2 is 1.31 bits per heavy atom. The highest BCUT2D eigenvalue weighted by atomic mass is 31.3. The third-order valence-corrected chi connectivity index (χ3v) is 15.8. The maximum atomic E-state index is 4.97. The summed E-state index contributed by atoms with van der Waals surface area (Å²) in [6, 6.07) is 0. The predicted molar refractivity (Wildman–Crippen MR) is 88.6 cm³/mol. The van der Waals surface area contributed by atoms with E-state index >= 15 is 0 Å². The Kier molecular flexibility index (Phi) is 4.01. The van der Waals surface area contributed by atoms with Crippen LogP contribution in [-0.4, -0.2) is 52.6 Å². The lowest BCUT2D eigenvalue weighted by atomic mass is 11.9. The van der Waals surface area contributed by atoms with Gasteiger partial charge in [-0.05, 0) is 40.0 Å². The summed E-state index contributed by atoms with van der Waals surface area (Å²) in [4.78, 5) is 7.20. The molecular weight excluding hydrogens is 276 g/mol. The van der Waals surface area contributed by atoms with E-state index in [0.717, 1.165) is 0 Å². The largest absolute Gasteiger partial charge is 0.251 e. The third kappa shape index (κ3) is 4.69. The first-order valence-electron chi connectivity index (χ1n) is 5.01. The zero-order chi connectivity index (χ0) is 12.8. The molecule has 0 radical (unpaired) electrons. The van der Waals surface area contributed by atoms with Crippen molar-refractivity contribution >= 4 is 41.4 Å². The van der Waals surface area contributed by atoms with Crippen LogP contribution < -0.4 is 9.72 Å². The standard InChI is InChI=1S/C8H24N4P4/c1-13(2)9-14(3,4)11-16(7,8)12-15(5,6)10-13/h9-10H,1,3H2,2,4-8H3. The molecule has 0 aliphatic carbocycles. The van der Waals surface area contributed by atoms with Crippen molar-refractivity contribution in [2.45, 2.75) is 0 Å². The number of nitrogens with zero attached hydrogens (tertiary/aromatic N) is 2. The molecule has 0 fully saturated rings. The molecule has 1 aliphatic rings. The van der Waals surface area contributed by atoms with E-state index in [0.29, 0.717) is 0 Å². The summed E-state index contributed by atoms with van der Waals surface area (Å²) in [5.41, 5.74) is 0. The fourth-order valence-corrected chi connectivity index (χ4v) is 20.6. The lowest BCUT2D eigenvalue weighted by Gasteiger charge is -2.36. The van der Waals surface area contributed by atoms with Gasteiger partial charge in [0.25, 0.3) is 0 Å². The Hall–Kier alpha value is 0.980. The Bertz CT molecular complexity index is 492. The Morgan fingerprint density at radius 3 is 1.81 bits per heavy atom. The average Bonchev–Trinajstić information content (AvgIpc) is 1.67. The molecular formula is C8H24N4P4. The number of nitrogens with one attached hydrogen (secondary N) is 2. The number of hydrogen-bond donors (Lipinski definition) is 2. The van der Waals surface area contributed by atoms with E-state index in [9.17, 15) is 0 Å². The van der Waals surface area contributed by atoms with Crippen molar-refractivity contribution in [1.82, 2.24) is 9.72 Å². The highest BCUT2D eigenvalue weighted by Crippen LogP contribution is 2.67. The van der Waals surface area contributed by atoms with Crippen LogP contribution in [0.2, 0.25) is 0 Å². The predicted octanol–water partition coefficient (Wildman–Crippen LogP) is 3.75. The maximum Gasteiger partial charge on any atom is 0.0740 e. The van der Waals surface area contributed by atoms with Gasteiger partial charge in [-0.15, -0.1) is 0 Å². The molecule has 0 saturated carbocycles. The zero-order valence-corrected chi connectivity index (χ0v) is 14.7. The molecule has 4 nitrogen and oxygen atoms in total. The van der Waals surface area contributed by atoms with Crippen LogP contribution in [0.15, 0.2) is 9.03 Å². The van der Waals surface area contributed by atoms with Crippen molar-refractivity contribution in [3.05, 3.63) is 0 Å². The minimum atomic E-state index is -1.68. The Balaban J connectivity index is 3.47. The van der Waals surface area contributed by atoms with Crippen LogP contribution >= 0.6 is 28.8 Å². The maximum absolute atomic E-state index is 4.97. The summed E-state index contributed by atoms with van der Waals surface area (Å²) in [6.45, 7) is 12.9. The van der Waals surface area contributed by atoms with Gasteiger partial charge in [0, 0.05) is 14.4 Å². The van der Waals surface area contributed by atoms with Gasteiger partial charge in [-0.3, -0.25) is 4.86 Å². The second-order valence-corrected chi connectivity index (χ2v) is 18.6. The van der Waals surface area contributed by atoms with Crippen molar-refractivity contribution < 1.29 is 0 Å². The van der Waals surface area contributed by atoms with Crippen molar-refractivity contribution in [3.8, 4) is 0 Å². The van der Waals surface area contributed by atoms with Crippen LogP contribution in [-0.2, 0) is 0 Å². The minimum absolute atomic E-state index is 1.46. The summed E-state index contributed by atoms with van der Waals surface area (Å²) in [5, 5.41) is 0. The van der Waals surface area contributed by atoms with Gasteiger partial charge in [0.05, 0.1) is 14.4 Å². The molecule has 1 aliphatic heterocycles. The van der Waals surface area contributed by atoms with Gasteiger partial charge in [0.2, 0.25) is 0 Å². The van der Waals surface area contributed by atoms with E-state index in [1.165, 1.54) is 0 Å². The van der Waals surface area contributed by atoms with Gasteiger partial charge in [-0.2, -0.15) is 0 Å². The smallest absolute Gasteiger partial charge is 0.0740 e. The third-order valence-electron chi connectivity index (χ3n) is 1.76. The van der Waals surface area contributed by atoms with E-state index in [-0.39, 0.29) is 0 Å². The molecule has 96 valence electrons. The van der Waals surface area contributed by atoms with Crippen LogP contribution in [0.4, 0.5) is 0 Å². The summed E-state index contributed by atoms with van der Waals surface area (Å²) < 4.78 is 9.87. The highest BCUT2D eigenvalue weighted by Gasteiger charge is 2.23. The molecule has 2 unspecified atom stereocenters. The average molecular weight is 300 g/mol. The van der Waals surface area contributed by atoms with Gasteiger partial charge in [-0.1, -0.05) is 12.6 Å². The molecule has 0 aromatic rings. The first-order valence-corrected chi connectivity index (χ1v) is 15.0. The molecule has 0 bridgehead atoms.